The standard InChI is InChI=1S/C19H25N9S/c1-12-7-18(29-25-12)23-17-8-16(27-5-3-14(20)4-6-27)24-19-15(10-22-28(17)19)13-9-21-26(2)11-13/h7-10,13-14,23H,3-6,11,20H2,1-2H3. The normalized spacial score (nSPS) is 20.2. The van der Waals surface area contributed by atoms with Gasteiger partial charge in [-0.2, -0.15) is 19.1 Å². The van der Waals surface area contributed by atoms with E-state index in [1.54, 1.807) is 0 Å². The maximum Gasteiger partial charge on any atom is 0.163 e. The summed E-state index contributed by atoms with van der Waals surface area (Å²) in [6, 6.07) is 4.40. The maximum atomic E-state index is 6.10. The minimum absolute atomic E-state index is 0.188. The van der Waals surface area contributed by atoms with Gasteiger partial charge in [-0.05, 0) is 37.4 Å². The summed E-state index contributed by atoms with van der Waals surface area (Å²) in [5, 5.41) is 15.5. The highest BCUT2D eigenvalue weighted by Gasteiger charge is 2.25. The van der Waals surface area contributed by atoms with Crippen molar-refractivity contribution in [1.29, 1.82) is 0 Å². The molecular formula is C19H25N9S. The van der Waals surface area contributed by atoms with E-state index in [1.807, 2.05) is 42.0 Å². The van der Waals surface area contributed by atoms with E-state index in [9.17, 15) is 0 Å². The van der Waals surface area contributed by atoms with Gasteiger partial charge in [-0.15, -0.1) is 0 Å². The maximum absolute atomic E-state index is 6.10. The molecule has 10 heteroatoms. The van der Waals surface area contributed by atoms with Crippen molar-refractivity contribution >= 4 is 40.0 Å². The number of nitrogens with one attached hydrogen (secondary N) is 1. The van der Waals surface area contributed by atoms with Gasteiger partial charge in [0.1, 0.15) is 16.6 Å². The van der Waals surface area contributed by atoms with E-state index >= 15 is 0 Å². The summed E-state index contributed by atoms with van der Waals surface area (Å²) in [4.78, 5) is 7.33. The van der Waals surface area contributed by atoms with Gasteiger partial charge in [0.15, 0.2) is 5.65 Å². The number of rotatable bonds is 4. The topological polar surface area (TPSA) is 100.0 Å². The Bertz CT molecular complexity index is 1050. The van der Waals surface area contributed by atoms with Crippen molar-refractivity contribution < 1.29 is 0 Å². The number of aryl methyl sites for hydroxylation is 1. The van der Waals surface area contributed by atoms with Crippen LogP contribution in [0.25, 0.3) is 5.65 Å². The molecule has 0 saturated carbocycles. The van der Waals surface area contributed by atoms with Crippen molar-refractivity contribution in [3.05, 3.63) is 29.6 Å². The second kappa shape index (κ2) is 7.27. The lowest BCUT2D eigenvalue weighted by molar-refractivity contribution is 0.381. The van der Waals surface area contributed by atoms with Gasteiger partial charge >= 0.3 is 0 Å². The number of hydrogen-bond acceptors (Lipinski definition) is 9. The predicted octanol–water partition coefficient (Wildman–Crippen LogP) is 2.18. The van der Waals surface area contributed by atoms with Crippen LogP contribution in [0.15, 0.2) is 23.4 Å². The molecule has 1 unspecified atom stereocenters. The number of fused-ring (bicyclic) bond motifs is 1. The second-order valence-electron chi connectivity index (χ2n) is 7.83. The lowest BCUT2D eigenvalue weighted by atomic mass is 10.0. The van der Waals surface area contributed by atoms with Crippen LogP contribution in [0.5, 0.6) is 0 Å². The van der Waals surface area contributed by atoms with Gasteiger partial charge in [-0.3, -0.25) is 5.01 Å². The molecule has 0 radical (unpaired) electrons. The van der Waals surface area contributed by atoms with Crippen molar-refractivity contribution in [3.63, 3.8) is 0 Å². The van der Waals surface area contributed by atoms with Crippen molar-refractivity contribution in [2.75, 3.05) is 36.9 Å². The molecule has 3 aromatic heterocycles. The van der Waals surface area contributed by atoms with Crippen LogP contribution in [0, 0.1) is 6.92 Å². The quantitative estimate of drug-likeness (QED) is 0.679. The fraction of sp³-hybridized carbons (Fsp3) is 0.474. The highest BCUT2D eigenvalue weighted by atomic mass is 32.1. The van der Waals surface area contributed by atoms with Gasteiger partial charge in [-0.25, -0.2) is 4.98 Å². The molecule has 152 valence electrons. The van der Waals surface area contributed by atoms with Crippen LogP contribution in [0.4, 0.5) is 16.6 Å². The first-order valence-corrected chi connectivity index (χ1v) is 10.7. The number of nitrogens with zero attached hydrogens (tertiary/aromatic N) is 7. The minimum Gasteiger partial charge on any atom is -0.356 e. The van der Waals surface area contributed by atoms with Gasteiger partial charge in [0.2, 0.25) is 0 Å². The Hall–Kier alpha value is -2.72. The third kappa shape index (κ3) is 3.53. The molecule has 2 aliphatic rings. The summed E-state index contributed by atoms with van der Waals surface area (Å²) in [7, 11) is 1.98. The van der Waals surface area contributed by atoms with E-state index in [1.165, 1.54) is 11.5 Å². The second-order valence-corrected chi connectivity index (χ2v) is 8.63. The number of nitrogens with two attached hydrogens (primary N) is 1. The monoisotopic (exact) mass is 411 g/mol. The molecule has 29 heavy (non-hydrogen) atoms. The Morgan fingerprint density at radius 1 is 1.24 bits per heavy atom. The molecule has 0 aliphatic carbocycles. The highest BCUT2D eigenvalue weighted by molar-refractivity contribution is 7.10. The van der Waals surface area contributed by atoms with Gasteiger partial charge < -0.3 is 16.0 Å². The number of hydrazone groups is 1. The summed E-state index contributed by atoms with van der Waals surface area (Å²) in [6.45, 7) is 4.66. The van der Waals surface area contributed by atoms with E-state index in [-0.39, 0.29) is 12.0 Å². The molecule has 2 aliphatic heterocycles. The molecule has 0 bridgehead atoms. The Morgan fingerprint density at radius 3 is 2.76 bits per heavy atom. The minimum atomic E-state index is 0.188. The molecule has 3 N–H and O–H groups in total. The van der Waals surface area contributed by atoms with Crippen LogP contribution in [-0.2, 0) is 0 Å². The Morgan fingerprint density at radius 2 is 2.07 bits per heavy atom. The van der Waals surface area contributed by atoms with Gasteiger partial charge in [0, 0.05) is 56.5 Å². The van der Waals surface area contributed by atoms with E-state index < -0.39 is 0 Å². The van der Waals surface area contributed by atoms with Gasteiger partial charge in [0.05, 0.1) is 11.9 Å². The zero-order chi connectivity index (χ0) is 20.0. The van der Waals surface area contributed by atoms with Crippen LogP contribution in [0.3, 0.4) is 0 Å². The zero-order valence-electron chi connectivity index (χ0n) is 16.6. The predicted molar refractivity (Wildman–Crippen MR) is 116 cm³/mol. The lowest BCUT2D eigenvalue weighted by Gasteiger charge is -2.31. The highest BCUT2D eigenvalue weighted by Crippen LogP contribution is 2.30. The third-order valence-electron chi connectivity index (χ3n) is 5.53. The molecule has 1 fully saturated rings. The lowest BCUT2D eigenvalue weighted by Crippen LogP contribution is -2.40. The molecule has 5 rings (SSSR count). The molecule has 0 aromatic carbocycles. The Kier molecular flexibility index (Phi) is 4.59. The van der Waals surface area contributed by atoms with Gasteiger partial charge in [-0.1, -0.05) is 0 Å². The smallest absolute Gasteiger partial charge is 0.163 e. The molecule has 1 atom stereocenters. The molecule has 9 nitrogen and oxygen atoms in total. The molecule has 0 spiro atoms. The van der Waals surface area contributed by atoms with Crippen LogP contribution in [0.1, 0.15) is 30.0 Å². The third-order valence-corrected chi connectivity index (χ3v) is 6.33. The Labute approximate surface area is 173 Å². The summed E-state index contributed by atoms with van der Waals surface area (Å²) < 4.78 is 6.26. The number of piperidine rings is 1. The van der Waals surface area contributed by atoms with E-state index in [2.05, 4.69) is 30.9 Å². The zero-order valence-corrected chi connectivity index (χ0v) is 17.4. The van der Waals surface area contributed by atoms with Crippen LogP contribution >= 0.6 is 11.5 Å². The first-order valence-electron chi connectivity index (χ1n) is 9.91. The number of likely N-dealkylation sites (N-methyl/N-ethyl adjacent to an activating group) is 1. The van der Waals surface area contributed by atoms with Crippen LogP contribution in [-0.4, -0.2) is 62.9 Å². The van der Waals surface area contributed by atoms with Crippen molar-refractivity contribution in [1.82, 2.24) is 24.0 Å². The van der Waals surface area contributed by atoms with E-state index in [4.69, 9.17) is 10.7 Å². The molecule has 1 saturated heterocycles. The van der Waals surface area contributed by atoms with Crippen molar-refractivity contribution in [2.45, 2.75) is 31.7 Å². The van der Waals surface area contributed by atoms with Crippen molar-refractivity contribution in [3.8, 4) is 0 Å². The average molecular weight is 412 g/mol. The summed E-state index contributed by atoms with van der Waals surface area (Å²) in [5.74, 6) is 2.03. The van der Waals surface area contributed by atoms with Gasteiger partial charge in [0.25, 0.3) is 0 Å². The summed E-state index contributed by atoms with van der Waals surface area (Å²) >= 11 is 1.45. The fourth-order valence-corrected chi connectivity index (χ4v) is 4.58. The van der Waals surface area contributed by atoms with Crippen LogP contribution in [0.2, 0.25) is 0 Å². The molecule has 3 aromatic rings. The first-order chi connectivity index (χ1) is 14.1. The fourth-order valence-electron chi connectivity index (χ4n) is 3.91. The SMILES string of the molecule is Cc1cc(Nc2cc(N3CCC(N)CC3)nc3c(C4C=NN(C)C4)cnn23)sn1. The van der Waals surface area contributed by atoms with E-state index in [0.29, 0.717) is 0 Å². The van der Waals surface area contributed by atoms with Crippen LogP contribution < -0.4 is 16.0 Å². The summed E-state index contributed by atoms with van der Waals surface area (Å²) in [6.07, 6.45) is 5.85. The number of aromatic nitrogens is 4. The molecular weight excluding hydrogens is 386 g/mol. The average Bonchev–Trinajstić information content (AvgIpc) is 3.42. The summed E-state index contributed by atoms with van der Waals surface area (Å²) in [5.41, 5.74) is 9.07. The number of hydrogen-bond donors (Lipinski definition) is 2. The largest absolute Gasteiger partial charge is 0.356 e. The number of anilines is 3. The molecule has 0 amide bonds. The van der Waals surface area contributed by atoms with E-state index in [0.717, 1.165) is 66.0 Å². The first kappa shape index (κ1) is 18.3. The Balaban J connectivity index is 1.57. The van der Waals surface area contributed by atoms with Crippen molar-refractivity contribution in [2.24, 2.45) is 10.8 Å². The molecule has 5 heterocycles.